The highest BCUT2D eigenvalue weighted by Gasteiger charge is 2.33. The van der Waals surface area contributed by atoms with Gasteiger partial charge in [-0.2, -0.15) is 10.2 Å². The Morgan fingerprint density at radius 3 is 2.57 bits per heavy atom. The predicted octanol–water partition coefficient (Wildman–Crippen LogP) is 2.88. The monoisotopic (exact) mass is 521 g/mol. The van der Waals surface area contributed by atoms with Gasteiger partial charge in [-0.1, -0.05) is 13.0 Å². The molecule has 0 unspecified atom stereocenters. The predicted molar refractivity (Wildman–Crippen MR) is 140 cm³/mol. The molecule has 0 radical (unpaired) electrons. The van der Waals surface area contributed by atoms with Gasteiger partial charge in [-0.15, -0.1) is 0 Å². The smallest absolute Gasteiger partial charge is 0.222 e. The first-order chi connectivity index (χ1) is 17.7. The van der Waals surface area contributed by atoms with Gasteiger partial charge in [0.1, 0.15) is 21.4 Å². The highest BCUT2D eigenvalue weighted by molar-refractivity contribution is 7.91. The summed E-state index contributed by atoms with van der Waals surface area (Å²) in [5, 5.41) is 10.1. The van der Waals surface area contributed by atoms with Crippen molar-refractivity contribution >= 4 is 26.6 Å². The maximum atomic E-state index is 12.6. The third kappa shape index (κ3) is 4.14. The molecule has 0 bridgehead atoms. The number of carbonyl (C=O) groups excluding carboxylic acids is 1. The molecule has 2 aliphatic heterocycles. The zero-order chi connectivity index (χ0) is 25.9. The number of rotatable bonds is 4. The normalized spacial score (nSPS) is 17.9. The number of aryl methyl sites for hydroxylation is 2. The van der Waals surface area contributed by atoms with Gasteiger partial charge in [0, 0.05) is 62.2 Å². The summed E-state index contributed by atoms with van der Waals surface area (Å²) in [5.74, 6) is 1.57. The fraction of sp³-hybridized carbons (Fsp3) is 0.462. The van der Waals surface area contributed by atoms with Crippen LogP contribution in [0.4, 0.5) is 0 Å². The maximum absolute atomic E-state index is 12.6. The number of sulfone groups is 1. The molecule has 1 aromatic carbocycles. The van der Waals surface area contributed by atoms with Gasteiger partial charge in [0.25, 0.3) is 0 Å². The van der Waals surface area contributed by atoms with Gasteiger partial charge in [-0.25, -0.2) is 13.4 Å². The Hall–Kier alpha value is -3.47. The molecule has 0 atom stereocenters. The minimum Gasteiger partial charge on any atom is -0.335 e. The van der Waals surface area contributed by atoms with Gasteiger partial charge in [0.15, 0.2) is 0 Å². The molecule has 37 heavy (non-hydrogen) atoms. The highest BCUT2D eigenvalue weighted by Crippen LogP contribution is 2.37. The first-order valence-corrected chi connectivity index (χ1v) is 14.6. The van der Waals surface area contributed by atoms with Crippen molar-refractivity contribution in [3.8, 4) is 22.5 Å². The van der Waals surface area contributed by atoms with E-state index in [2.05, 4.69) is 27.9 Å². The van der Waals surface area contributed by atoms with Crippen LogP contribution >= 0.6 is 0 Å². The molecule has 194 valence electrons. The van der Waals surface area contributed by atoms with E-state index in [4.69, 9.17) is 10.1 Å². The van der Waals surface area contributed by atoms with E-state index in [1.807, 2.05) is 43.0 Å². The lowest BCUT2D eigenvalue weighted by molar-refractivity contribution is -0.132. The van der Waals surface area contributed by atoms with Gasteiger partial charge in [0.05, 0.1) is 41.2 Å². The molecule has 4 aromatic rings. The number of hydrogen-bond donors (Lipinski definition) is 0. The molecule has 1 fully saturated rings. The SMILES string of the molecule is CCC(=O)N1CCn2c(C3CCS(=O)(=O)CC3)nc(-c3ccc4c(c3)c(-c3cnn(C)c3)nn4C)c2C1. The summed E-state index contributed by atoms with van der Waals surface area (Å²) in [6.07, 6.45) is 5.41. The third-order valence-electron chi connectivity index (χ3n) is 7.71. The highest BCUT2D eigenvalue weighted by atomic mass is 32.2. The van der Waals surface area contributed by atoms with Crippen LogP contribution in [0.2, 0.25) is 0 Å². The Labute approximate surface area is 215 Å². The fourth-order valence-corrected chi connectivity index (χ4v) is 7.18. The first-order valence-electron chi connectivity index (χ1n) is 12.8. The second kappa shape index (κ2) is 8.83. The maximum Gasteiger partial charge on any atom is 0.222 e. The molecule has 0 saturated carbocycles. The van der Waals surface area contributed by atoms with E-state index in [9.17, 15) is 13.2 Å². The van der Waals surface area contributed by atoms with E-state index < -0.39 is 9.84 Å². The number of imidazole rings is 1. The van der Waals surface area contributed by atoms with Crippen molar-refractivity contribution < 1.29 is 13.2 Å². The van der Waals surface area contributed by atoms with E-state index >= 15 is 0 Å². The van der Waals surface area contributed by atoms with Crippen LogP contribution in [-0.2, 0) is 41.8 Å². The molecular weight excluding hydrogens is 490 g/mol. The summed E-state index contributed by atoms with van der Waals surface area (Å²) < 4.78 is 30.1. The fourth-order valence-electron chi connectivity index (χ4n) is 5.69. The lowest BCUT2D eigenvalue weighted by Crippen LogP contribution is -2.38. The Morgan fingerprint density at radius 1 is 1.08 bits per heavy atom. The van der Waals surface area contributed by atoms with E-state index in [1.54, 1.807) is 4.68 Å². The zero-order valence-corrected chi connectivity index (χ0v) is 22.2. The van der Waals surface area contributed by atoms with E-state index in [1.165, 1.54) is 0 Å². The minimum atomic E-state index is -2.97. The number of nitrogens with zero attached hydrogens (tertiary/aromatic N) is 7. The number of carbonyl (C=O) groups is 1. The Kier molecular flexibility index (Phi) is 5.70. The van der Waals surface area contributed by atoms with Crippen LogP contribution in [0.3, 0.4) is 0 Å². The second-order valence-electron chi connectivity index (χ2n) is 10.1. The Morgan fingerprint density at radius 2 is 1.86 bits per heavy atom. The summed E-state index contributed by atoms with van der Waals surface area (Å²) >= 11 is 0. The van der Waals surface area contributed by atoms with Crippen molar-refractivity contribution in [3.05, 3.63) is 42.1 Å². The summed E-state index contributed by atoms with van der Waals surface area (Å²) in [7, 11) is 0.851. The average Bonchev–Trinajstić information content (AvgIpc) is 3.58. The summed E-state index contributed by atoms with van der Waals surface area (Å²) in [4.78, 5) is 19.7. The molecule has 1 saturated heterocycles. The quantitative estimate of drug-likeness (QED) is 0.409. The molecule has 11 heteroatoms. The van der Waals surface area contributed by atoms with Crippen LogP contribution in [-0.4, -0.2) is 66.4 Å². The zero-order valence-electron chi connectivity index (χ0n) is 21.4. The van der Waals surface area contributed by atoms with Crippen molar-refractivity contribution in [2.24, 2.45) is 14.1 Å². The van der Waals surface area contributed by atoms with Gasteiger partial charge in [-0.05, 0) is 25.0 Å². The van der Waals surface area contributed by atoms with Crippen LogP contribution in [0.15, 0.2) is 30.6 Å². The van der Waals surface area contributed by atoms with Crippen LogP contribution in [0.25, 0.3) is 33.4 Å². The van der Waals surface area contributed by atoms with Crippen molar-refractivity contribution in [3.63, 3.8) is 0 Å². The molecule has 6 rings (SSSR count). The summed E-state index contributed by atoms with van der Waals surface area (Å²) in [6.45, 7) is 3.70. The standard InChI is InChI=1S/C26H31N7O3S/c1-4-23(34)32-9-10-33-22(16-32)25(28-26(33)17-7-11-37(35,36)12-8-17)18-5-6-21-20(13-18)24(29-31(21)3)19-14-27-30(2)15-19/h5-6,13-15,17H,4,7-12,16H2,1-3H3. The molecule has 0 spiro atoms. The number of fused-ring (bicyclic) bond motifs is 2. The molecule has 2 aliphatic rings. The number of benzene rings is 1. The van der Waals surface area contributed by atoms with Gasteiger partial charge >= 0.3 is 0 Å². The van der Waals surface area contributed by atoms with Crippen molar-refractivity contribution in [2.45, 2.75) is 45.2 Å². The third-order valence-corrected chi connectivity index (χ3v) is 9.43. The van der Waals surface area contributed by atoms with Gasteiger partial charge in [0.2, 0.25) is 5.91 Å². The number of aromatic nitrogens is 6. The molecular formula is C26H31N7O3S. The van der Waals surface area contributed by atoms with Crippen LogP contribution in [0, 0.1) is 0 Å². The van der Waals surface area contributed by atoms with Crippen LogP contribution < -0.4 is 0 Å². The van der Waals surface area contributed by atoms with Gasteiger partial charge in [-0.3, -0.25) is 14.2 Å². The van der Waals surface area contributed by atoms with Crippen LogP contribution in [0.5, 0.6) is 0 Å². The average molecular weight is 522 g/mol. The van der Waals surface area contributed by atoms with Crippen molar-refractivity contribution in [2.75, 3.05) is 18.1 Å². The molecule has 0 aliphatic carbocycles. The second-order valence-corrected chi connectivity index (χ2v) is 12.4. The van der Waals surface area contributed by atoms with E-state index in [-0.39, 0.29) is 23.3 Å². The topological polar surface area (TPSA) is 108 Å². The molecule has 0 N–H and O–H groups in total. The Bertz CT molecular complexity index is 1610. The first kappa shape index (κ1) is 23.9. The molecule has 3 aromatic heterocycles. The Balaban J connectivity index is 1.48. The van der Waals surface area contributed by atoms with E-state index in [0.717, 1.165) is 44.9 Å². The van der Waals surface area contributed by atoms with Crippen LogP contribution in [0.1, 0.15) is 43.6 Å². The molecule has 1 amide bonds. The molecule has 5 heterocycles. The molecule has 10 nitrogen and oxygen atoms in total. The summed E-state index contributed by atoms with van der Waals surface area (Å²) in [5.41, 5.74) is 5.66. The number of amides is 1. The lowest BCUT2D eigenvalue weighted by atomic mass is 10.0. The van der Waals surface area contributed by atoms with Gasteiger partial charge < -0.3 is 9.47 Å². The number of hydrogen-bond acceptors (Lipinski definition) is 6. The van der Waals surface area contributed by atoms with Crippen molar-refractivity contribution in [1.29, 1.82) is 0 Å². The minimum absolute atomic E-state index is 0.0949. The van der Waals surface area contributed by atoms with Crippen molar-refractivity contribution in [1.82, 2.24) is 34.0 Å². The lowest BCUT2D eigenvalue weighted by Gasteiger charge is -2.31. The van der Waals surface area contributed by atoms with E-state index in [0.29, 0.717) is 38.9 Å². The largest absolute Gasteiger partial charge is 0.335 e. The summed E-state index contributed by atoms with van der Waals surface area (Å²) in [6, 6.07) is 6.26.